The predicted molar refractivity (Wildman–Crippen MR) is 76.6 cm³/mol. The standard InChI is InChI=1S/C15H24N2O2/c1-11(2)7-12(9-16)8-15(19)17-10-13-5-3-4-6-14(13)18/h3-6,11-12,18H,7-10,16H2,1-2H3,(H,17,19)/t12-/m0/s1. The van der Waals surface area contributed by atoms with E-state index in [4.69, 9.17) is 5.73 Å². The smallest absolute Gasteiger partial charge is 0.220 e. The number of rotatable bonds is 7. The minimum absolute atomic E-state index is 0.0145. The first-order valence-electron chi connectivity index (χ1n) is 6.76. The maximum atomic E-state index is 11.8. The van der Waals surface area contributed by atoms with E-state index in [1.165, 1.54) is 0 Å². The molecule has 0 aromatic heterocycles. The van der Waals surface area contributed by atoms with Crippen molar-refractivity contribution in [3.63, 3.8) is 0 Å². The first-order chi connectivity index (χ1) is 9.02. The molecule has 0 aliphatic heterocycles. The lowest BCUT2D eigenvalue weighted by molar-refractivity contribution is -0.122. The number of carbonyl (C=O) groups excluding carboxylic acids is 1. The summed E-state index contributed by atoms with van der Waals surface area (Å²) in [5.74, 6) is 0.962. The van der Waals surface area contributed by atoms with E-state index < -0.39 is 0 Å². The van der Waals surface area contributed by atoms with Crippen LogP contribution >= 0.6 is 0 Å². The molecule has 0 saturated carbocycles. The van der Waals surface area contributed by atoms with Crippen molar-refractivity contribution in [2.75, 3.05) is 6.54 Å². The molecule has 0 fully saturated rings. The van der Waals surface area contributed by atoms with Crippen LogP contribution in [0.3, 0.4) is 0 Å². The van der Waals surface area contributed by atoms with Gasteiger partial charge in [0.1, 0.15) is 5.75 Å². The Morgan fingerprint density at radius 2 is 2.05 bits per heavy atom. The van der Waals surface area contributed by atoms with Crippen molar-refractivity contribution >= 4 is 5.91 Å². The summed E-state index contributed by atoms with van der Waals surface area (Å²) in [7, 11) is 0. The molecule has 1 aromatic carbocycles. The number of nitrogens with two attached hydrogens (primary N) is 1. The van der Waals surface area contributed by atoms with Crippen molar-refractivity contribution in [3.8, 4) is 5.75 Å². The SMILES string of the molecule is CC(C)C[C@H](CN)CC(=O)NCc1ccccc1O. The summed E-state index contributed by atoms with van der Waals surface area (Å²) in [6.07, 6.45) is 1.41. The first kappa shape index (κ1) is 15.5. The second-order valence-corrected chi connectivity index (χ2v) is 5.34. The molecule has 0 aliphatic carbocycles. The zero-order valence-corrected chi connectivity index (χ0v) is 11.7. The minimum atomic E-state index is -0.0145. The van der Waals surface area contributed by atoms with Gasteiger partial charge in [0, 0.05) is 18.5 Å². The number of benzene rings is 1. The van der Waals surface area contributed by atoms with Crippen LogP contribution < -0.4 is 11.1 Å². The summed E-state index contributed by atoms with van der Waals surface area (Å²) >= 11 is 0. The topological polar surface area (TPSA) is 75.4 Å². The molecule has 0 bridgehead atoms. The number of carbonyl (C=O) groups is 1. The van der Waals surface area contributed by atoms with Gasteiger partial charge in [0.15, 0.2) is 0 Å². The Kier molecular flexibility index (Phi) is 6.36. The minimum Gasteiger partial charge on any atom is -0.508 e. The molecular formula is C15H24N2O2. The van der Waals surface area contributed by atoms with Gasteiger partial charge in [-0.3, -0.25) is 4.79 Å². The van der Waals surface area contributed by atoms with Crippen LogP contribution in [0.2, 0.25) is 0 Å². The normalized spacial score (nSPS) is 12.4. The highest BCUT2D eigenvalue weighted by molar-refractivity contribution is 5.76. The zero-order valence-electron chi connectivity index (χ0n) is 11.7. The molecule has 4 heteroatoms. The number of phenolic OH excluding ortho intramolecular Hbond substituents is 1. The summed E-state index contributed by atoms with van der Waals surface area (Å²) < 4.78 is 0. The third kappa shape index (κ3) is 5.75. The predicted octanol–water partition coefficient (Wildman–Crippen LogP) is 2.02. The second-order valence-electron chi connectivity index (χ2n) is 5.34. The Morgan fingerprint density at radius 1 is 1.37 bits per heavy atom. The summed E-state index contributed by atoms with van der Waals surface area (Å²) in [5, 5.41) is 12.4. The van der Waals surface area contributed by atoms with E-state index in [1.807, 2.05) is 6.07 Å². The van der Waals surface area contributed by atoms with Gasteiger partial charge in [0.2, 0.25) is 5.91 Å². The van der Waals surface area contributed by atoms with E-state index in [9.17, 15) is 9.90 Å². The fourth-order valence-corrected chi connectivity index (χ4v) is 2.12. The van der Waals surface area contributed by atoms with Crippen molar-refractivity contribution in [2.24, 2.45) is 17.6 Å². The highest BCUT2D eigenvalue weighted by Crippen LogP contribution is 2.16. The van der Waals surface area contributed by atoms with Gasteiger partial charge in [-0.25, -0.2) is 0 Å². The molecule has 0 saturated heterocycles. The van der Waals surface area contributed by atoms with Crippen LogP contribution in [0.1, 0.15) is 32.3 Å². The molecule has 0 aliphatic rings. The van der Waals surface area contributed by atoms with Crippen LogP contribution in [0.15, 0.2) is 24.3 Å². The maximum absolute atomic E-state index is 11.8. The lowest BCUT2D eigenvalue weighted by atomic mass is 9.94. The van der Waals surface area contributed by atoms with Crippen LogP contribution in [-0.4, -0.2) is 17.6 Å². The molecule has 19 heavy (non-hydrogen) atoms. The van der Waals surface area contributed by atoms with Gasteiger partial charge in [-0.1, -0.05) is 32.0 Å². The van der Waals surface area contributed by atoms with Gasteiger partial charge in [-0.2, -0.15) is 0 Å². The Hall–Kier alpha value is -1.55. The molecule has 0 unspecified atom stereocenters. The van der Waals surface area contributed by atoms with Crippen molar-refractivity contribution in [2.45, 2.75) is 33.2 Å². The summed E-state index contributed by atoms with van der Waals surface area (Å²) in [6, 6.07) is 7.00. The summed E-state index contributed by atoms with van der Waals surface area (Å²) in [6.45, 7) is 5.14. The highest BCUT2D eigenvalue weighted by atomic mass is 16.3. The molecule has 0 spiro atoms. The fraction of sp³-hybridized carbons (Fsp3) is 0.533. The van der Waals surface area contributed by atoms with Crippen molar-refractivity contribution < 1.29 is 9.90 Å². The molecule has 0 heterocycles. The Morgan fingerprint density at radius 3 is 2.63 bits per heavy atom. The quantitative estimate of drug-likeness (QED) is 0.705. The number of amides is 1. The summed E-state index contributed by atoms with van der Waals surface area (Å²) in [4.78, 5) is 11.8. The van der Waals surface area contributed by atoms with Crippen LogP contribution in [0, 0.1) is 11.8 Å². The van der Waals surface area contributed by atoms with Crippen LogP contribution in [0.4, 0.5) is 0 Å². The third-order valence-electron chi connectivity index (χ3n) is 3.08. The highest BCUT2D eigenvalue weighted by Gasteiger charge is 2.14. The van der Waals surface area contributed by atoms with Gasteiger partial charge in [-0.15, -0.1) is 0 Å². The van der Waals surface area contributed by atoms with Crippen LogP contribution in [0.25, 0.3) is 0 Å². The van der Waals surface area contributed by atoms with Crippen molar-refractivity contribution in [1.29, 1.82) is 0 Å². The Labute approximate surface area is 115 Å². The number of hydrogen-bond acceptors (Lipinski definition) is 3. The average Bonchev–Trinajstić information content (AvgIpc) is 2.36. The van der Waals surface area contributed by atoms with E-state index >= 15 is 0 Å². The molecule has 1 rings (SSSR count). The molecule has 1 amide bonds. The van der Waals surface area contributed by atoms with Gasteiger partial charge in [0.25, 0.3) is 0 Å². The molecule has 4 N–H and O–H groups in total. The number of aromatic hydroxyl groups is 1. The second kappa shape index (κ2) is 7.79. The number of para-hydroxylation sites is 1. The Bertz CT molecular complexity index is 405. The molecule has 1 atom stereocenters. The fourth-order valence-electron chi connectivity index (χ4n) is 2.12. The number of phenols is 1. The van der Waals surface area contributed by atoms with Gasteiger partial charge >= 0.3 is 0 Å². The van der Waals surface area contributed by atoms with E-state index in [0.717, 1.165) is 12.0 Å². The summed E-state index contributed by atoms with van der Waals surface area (Å²) in [5.41, 5.74) is 6.41. The van der Waals surface area contributed by atoms with Gasteiger partial charge < -0.3 is 16.2 Å². The van der Waals surface area contributed by atoms with E-state index in [1.54, 1.807) is 18.2 Å². The van der Waals surface area contributed by atoms with Crippen LogP contribution in [-0.2, 0) is 11.3 Å². The van der Waals surface area contributed by atoms with Crippen molar-refractivity contribution in [3.05, 3.63) is 29.8 Å². The third-order valence-corrected chi connectivity index (χ3v) is 3.08. The average molecular weight is 264 g/mol. The number of nitrogens with one attached hydrogen (secondary N) is 1. The lowest BCUT2D eigenvalue weighted by Crippen LogP contribution is -2.28. The first-order valence-corrected chi connectivity index (χ1v) is 6.76. The molecule has 1 aromatic rings. The van der Waals surface area contributed by atoms with Crippen molar-refractivity contribution in [1.82, 2.24) is 5.32 Å². The van der Waals surface area contributed by atoms with E-state index in [0.29, 0.717) is 25.4 Å². The monoisotopic (exact) mass is 264 g/mol. The van der Waals surface area contributed by atoms with E-state index in [-0.39, 0.29) is 17.6 Å². The zero-order chi connectivity index (χ0) is 14.3. The lowest BCUT2D eigenvalue weighted by Gasteiger charge is -2.16. The molecule has 4 nitrogen and oxygen atoms in total. The maximum Gasteiger partial charge on any atom is 0.220 e. The molecule has 0 radical (unpaired) electrons. The molecule has 106 valence electrons. The molecular weight excluding hydrogens is 240 g/mol. The van der Waals surface area contributed by atoms with Gasteiger partial charge in [0.05, 0.1) is 0 Å². The largest absolute Gasteiger partial charge is 0.508 e. The van der Waals surface area contributed by atoms with Crippen LogP contribution in [0.5, 0.6) is 5.75 Å². The number of hydrogen-bond donors (Lipinski definition) is 3. The van der Waals surface area contributed by atoms with E-state index in [2.05, 4.69) is 19.2 Å². The Balaban J connectivity index is 2.41. The van der Waals surface area contributed by atoms with Gasteiger partial charge in [-0.05, 0) is 30.9 Å².